The van der Waals surface area contributed by atoms with Gasteiger partial charge in [0.1, 0.15) is 5.82 Å². The maximum absolute atomic E-state index is 13.6. The number of nitrogens with two attached hydrogens (primary N) is 1. The molecule has 0 bridgehead atoms. The van der Waals surface area contributed by atoms with E-state index in [0.29, 0.717) is 11.4 Å². The monoisotopic (exact) mass is 453 g/mol. The summed E-state index contributed by atoms with van der Waals surface area (Å²) in [6, 6.07) is 2.47. The molecule has 106 valence electrons. The Kier molecular flexibility index (Phi) is 4.58. The minimum atomic E-state index is -0.964. The maximum Gasteiger partial charge on any atom is 0.173 e. The van der Waals surface area contributed by atoms with Gasteiger partial charge in [-0.25, -0.2) is 18.7 Å². The summed E-state index contributed by atoms with van der Waals surface area (Å²) in [7, 11) is 0. The molecule has 1 heterocycles. The molecule has 7 heteroatoms. The van der Waals surface area contributed by atoms with Crippen LogP contribution in [0.15, 0.2) is 16.6 Å². The number of anilines is 1. The Morgan fingerprint density at radius 3 is 2.50 bits per heavy atom. The molecular formula is C13H11BrF2IN3. The van der Waals surface area contributed by atoms with Crippen molar-refractivity contribution in [3.63, 3.8) is 0 Å². The molecule has 0 saturated heterocycles. The van der Waals surface area contributed by atoms with Gasteiger partial charge in [0.2, 0.25) is 0 Å². The van der Waals surface area contributed by atoms with Crippen molar-refractivity contribution in [1.29, 1.82) is 0 Å². The normalized spacial score (nSPS) is 11.2. The smallest absolute Gasteiger partial charge is 0.173 e. The van der Waals surface area contributed by atoms with E-state index >= 15 is 0 Å². The van der Waals surface area contributed by atoms with Crippen molar-refractivity contribution in [1.82, 2.24) is 9.97 Å². The Balaban J connectivity index is 2.68. The van der Waals surface area contributed by atoms with Crippen LogP contribution in [0.25, 0.3) is 11.4 Å². The average molecular weight is 454 g/mol. The molecule has 0 aliphatic rings. The summed E-state index contributed by atoms with van der Waals surface area (Å²) in [5.41, 5.74) is 7.02. The van der Waals surface area contributed by atoms with Gasteiger partial charge in [-0.1, -0.05) is 13.8 Å². The van der Waals surface area contributed by atoms with Crippen LogP contribution in [-0.4, -0.2) is 9.97 Å². The summed E-state index contributed by atoms with van der Waals surface area (Å²) >= 11 is 5.12. The number of nitrogens with zero attached hydrogens (tertiary/aromatic N) is 2. The van der Waals surface area contributed by atoms with Gasteiger partial charge in [0, 0.05) is 5.56 Å². The molecule has 2 aromatic rings. The first-order chi connectivity index (χ1) is 9.32. The molecule has 0 fully saturated rings. The van der Waals surface area contributed by atoms with Crippen molar-refractivity contribution in [2.45, 2.75) is 19.8 Å². The Bertz CT molecular complexity index is 677. The van der Waals surface area contributed by atoms with Gasteiger partial charge in [-0.2, -0.15) is 0 Å². The third-order valence-electron chi connectivity index (χ3n) is 2.73. The predicted molar refractivity (Wildman–Crippen MR) is 86.3 cm³/mol. The van der Waals surface area contributed by atoms with Crippen LogP contribution in [-0.2, 0) is 0 Å². The van der Waals surface area contributed by atoms with Crippen LogP contribution in [0.1, 0.15) is 25.5 Å². The quantitative estimate of drug-likeness (QED) is 0.538. The van der Waals surface area contributed by atoms with Crippen LogP contribution in [0.4, 0.5) is 14.6 Å². The summed E-state index contributed by atoms with van der Waals surface area (Å²) in [4.78, 5) is 8.57. The second kappa shape index (κ2) is 5.88. The van der Waals surface area contributed by atoms with Crippen molar-refractivity contribution in [3.05, 3.63) is 37.5 Å². The topological polar surface area (TPSA) is 51.8 Å². The van der Waals surface area contributed by atoms with Crippen molar-refractivity contribution < 1.29 is 8.78 Å². The lowest BCUT2D eigenvalue weighted by Crippen LogP contribution is -2.07. The van der Waals surface area contributed by atoms with Crippen LogP contribution in [0.3, 0.4) is 0 Å². The lowest BCUT2D eigenvalue weighted by atomic mass is 10.1. The molecule has 2 rings (SSSR count). The Hall–Kier alpha value is -0.830. The fraction of sp³-hybridized carbons (Fsp3) is 0.231. The minimum Gasteiger partial charge on any atom is -0.383 e. The van der Waals surface area contributed by atoms with Crippen LogP contribution < -0.4 is 5.73 Å². The zero-order valence-corrected chi connectivity index (χ0v) is 14.5. The summed E-state index contributed by atoms with van der Waals surface area (Å²) < 4.78 is 27.5. The van der Waals surface area contributed by atoms with E-state index in [2.05, 4.69) is 48.5 Å². The van der Waals surface area contributed by atoms with Crippen LogP contribution in [0.5, 0.6) is 0 Å². The zero-order valence-electron chi connectivity index (χ0n) is 10.7. The fourth-order valence-corrected chi connectivity index (χ4v) is 3.05. The summed E-state index contributed by atoms with van der Waals surface area (Å²) in [5, 5.41) is 0. The first-order valence-corrected chi connectivity index (χ1v) is 7.66. The van der Waals surface area contributed by atoms with E-state index < -0.39 is 11.6 Å². The van der Waals surface area contributed by atoms with Crippen LogP contribution >= 0.6 is 38.5 Å². The fourth-order valence-electron chi connectivity index (χ4n) is 1.68. The Labute approximate surface area is 137 Å². The highest BCUT2D eigenvalue weighted by atomic mass is 127. The van der Waals surface area contributed by atoms with E-state index in [-0.39, 0.29) is 16.2 Å². The number of nitrogen functional groups attached to an aromatic ring is 1. The van der Waals surface area contributed by atoms with Gasteiger partial charge in [0.05, 0.1) is 13.7 Å². The average Bonchev–Trinajstić information content (AvgIpc) is 2.39. The predicted octanol–water partition coefficient (Wildman–Crippen LogP) is 4.49. The number of aromatic nitrogens is 2. The van der Waals surface area contributed by atoms with Gasteiger partial charge in [-0.05, 0) is 56.6 Å². The summed E-state index contributed by atoms with van der Waals surface area (Å²) in [6.45, 7) is 3.96. The van der Waals surface area contributed by atoms with Gasteiger partial charge >= 0.3 is 0 Å². The number of rotatable bonds is 2. The summed E-state index contributed by atoms with van der Waals surface area (Å²) in [5.74, 6) is -1.14. The SMILES string of the molecule is CC(C)c1nc(-c2ccc(F)c(F)c2Br)nc(N)c1I. The highest BCUT2D eigenvalue weighted by molar-refractivity contribution is 14.1. The van der Waals surface area contributed by atoms with E-state index in [1.54, 1.807) is 0 Å². The van der Waals surface area contributed by atoms with Crippen LogP contribution in [0, 0.1) is 15.2 Å². The lowest BCUT2D eigenvalue weighted by Gasteiger charge is -2.12. The third-order valence-corrected chi connectivity index (χ3v) is 4.61. The van der Waals surface area contributed by atoms with Gasteiger partial charge in [-0.3, -0.25) is 0 Å². The molecule has 0 saturated carbocycles. The third kappa shape index (κ3) is 2.78. The lowest BCUT2D eigenvalue weighted by molar-refractivity contribution is 0.504. The standard InChI is InChI=1S/C13H11BrF2IN3/c1-5(2)11-10(17)12(18)20-13(19-11)6-3-4-7(15)9(16)8(6)14/h3-5H,1-2H3,(H2,18,19,20). The Morgan fingerprint density at radius 1 is 1.25 bits per heavy atom. The second-order valence-corrected chi connectivity index (χ2v) is 6.38. The molecular weight excluding hydrogens is 443 g/mol. The molecule has 0 spiro atoms. The van der Waals surface area contributed by atoms with E-state index in [1.165, 1.54) is 6.07 Å². The van der Waals surface area contributed by atoms with Gasteiger partial charge in [0.15, 0.2) is 17.5 Å². The van der Waals surface area contributed by atoms with E-state index in [1.807, 2.05) is 13.8 Å². The molecule has 0 aliphatic carbocycles. The van der Waals surface area contributed by atoms with Crippen molar-refractivity contribution in [2.75, 3.05) is 5.73 Å². The summed E-state index contributed by atoms with van der Waals surface area (Å²) in [6.07, 6.45) is 0. The molecule has 3 nitrogen and oxygen atoms in total. The van der Waals surface area contributed by atoms with Crippen LogP contribution in [0.2, 0.25) is 0 Å². The largest absolute Gasteiger partial charge is 0.383 e. The molecule has 0 amide bonds. The molecule has 0 radical (unpaired) electrons. The maximum atomic E-state index is 13.6. The molecule has 2 N–H and O–H groups in total. The first-order valence-electron chi connectivity index (χ1n) is 5.79. The molecule has 0 atom stereocenters. The highest BCUT2D eigenvalue weighted by Gasteiger charge is 2.18. The van der Waals surface area contributed by atoms with E-state index in [9.17, 15) is 8.78 Å². The second-order valence-electron chi connectivity index (χ2n) is 4.51. The minimum absolute atomic E-state index is 0.00665. The van der Waals surface area contributed by atoms with Crippen molar-refractivity contribution >= 4 is 44.3 Å². The molecule has 1 aromatic carbocycles. The number of benzene rings is 1. The van der Waals surface area contributed by atoms with E-state index in [4.69, 9.17) is 5.73 Å². The van der Waals surface area contributed by atoms with Crippen molar-refractivity contribution in [3.8, 4) is 11.4 Å². The molecule has 20 heavy (non-hydrogen) atoms. The molecule has 0 unspecified atom stereocenters. The van der Waals surface area contributed by atoms with Gasteiger partial charge in [-0.15, -0.1) is 0 Å². The molecule has 1 aromatic heterocycles. The number of hydrogen-bond acceptors (Lipinski definition) is 3. The Morgan fingerprint density at radius 2 is 1.90 bits per heavy atom. The van der Waals surface area contributed by atoms with Crippen molar-refractivity contribution in [2.24, 2.45) is 0 Å². The highest BCUT2D eigenvalue weighted by Crippen LogP contribution is 2.32. The number of halogens is 4. The first kappa shape index (κ1) is 15.6. The van der Waals surface area contributed by atoms with E-state index in [0.717, 1.165) is 15.3 Å². The number of hydrogen-bond donors (Lipinski definition) is 1. The zero-order chi connectivity index (χ0) is 15.0. The van der Waals surface area contributed by atoms with Gasteiger partial charge in [0.25, 0.3) is 0 Å². The molecule has 0 aliphatic heterocycles. The van der Waals surface area contributed by atoms with Gasteiger partial charge < -0.3 is 5.73 Å².